The number of rotatable bonds is 35. The molecule has 0 heterocycles. The van der Waals surface area contributed by atoms with Gasteiger partial charge < -0.3 is 14.8 Å². The van der Waals surface area contributed by atoms with Crippen molar-refractivity contribution >= 4 is 0 Å². The van der Waals surface area contributed by atoms with Gasteiger partial charge in [0.15, 0.2) is 0 Å². The summed E-state index contributed by atoms with van der Waals surface area (Å²) in [6.45, 7) is 7.83. The minimum absolute atomic E-state index is 0.174. The lowest BCUT2D eigenvalue weighted by Crippen LogP contribution is -2.31. The Morgan fingerprint density at radius 1 is 0.465 bits per heavy atom. The number of likely N-dealkylation sites (N-methyl/N-ethyl adjacent to an activating group) is 1. The summed E-state index contributed by atoms with van der Waals surface area (Å²) >= 11 is 0. The van der Waals surface area contributed by atoms with Crippen molar-refractivity contribution in [1.82, 2.24) is 5.32 Å². The highest BCUT2D eigenvalue weighted by Crippen LogP contribution is 2.10. The molecule has 1 N–H and O–H groups in total. The third-order valence-electron chi connectivity index (χ3n) is 7.92. The molecule has 0 fully saturated rings. The van der Waals surface area contributed by atoms with Crippen molar-refractivity contribution in [3.05, 3.63) is 48.6 Å². The topological polar surface area (TPSA) is 30.5 Å². The van der Waals surface area contributed by atoms with Crippen LogP contribution in [0.15, 0.2) is 48.6 Å². The van der Waals surface area contributed by atoms with Gasteiger partial charge in [-0.15, -0.1) is 0 Å². The van der Waals surface area contributed by atoms with Crippen molar-refractivity contribution in [3.63, 3.8) is 0 Å². The van der Waals surface area contributed by atoms with Gasteiger partial charge >= 0.3 is 0 Å². The van der Waals surface area contributed by atoms with Crippen LogP contribution in [0.1, 0.15) is 168 Å². The van der Waals surface area contributed by atoms with Gasteiger partial charge in [0.1, 0.15) is 0 Å². The predicted molar refractivity (Wildman–Crippen MR) is 193 cm³/mol. The van der Waals surface area contributed by atoms with Crippen LogP contribution < -0.4 is 5.32 Å². The Labute approximate surface area is 270 Å². The standard InChI is InChI=1S/C40H75NO2/c1-4-6-8-10-12-14-16-18-20-22-24-26-28-30-32-34-36-42-39-40(38-41-3)43-37-35-33-31-29-27-25-23-21-19-17-15-13-11-9-7-5-2/h12-15,18-21,40-41H,4-11,16-17,22-39H2,1-3H3/b14-12-,15-13-,20-18-,21-19-. The van der Waals surface area contributed by atoms with Crippen LogP contribution in [-0.2, 0) is 9.47 Å². The third kappa shape index (κ3) is 36.9. The van der Waals surface area contributed by atoms with E-state index >= 15 is 0 Å². The second-order valence-corrected chi connectivity index (χ2v) is 12.3. The summed E-state index contributed by atoms with van der Waals surface area (Å²) in [5.41, 5.74) is 0. The first-order valence-electron chi connectivity index (χ1n) is 18.8. The van der Waals surface area contributed by atoms with Crippen molar-refractivity contribution in [3.8, 4) is 0 Å². The molecule has 0 aliphatic heterocycles. The lowest BCUT2D eigenvalue weighted by molar-refractivity contribution is -0.0167. The smallest absolute Gasteiger partial charge is 0.0932 e. The Morgan fingerprint density at radius 2 is 0.860 bits per heavy atom. The van der Waals surface area contributed by atoms with E-state index in [1.54, 1.807) is 0 Å². The first kappa shape index (κ1) is 41.8. The summed E-state index contributed by atoms with van der Waals surface area (Å²) in [5, 5.41) is 3.26. The highest BCUT2D eigenvalue weighted by atomic mass is 16.5. The molecule has 43 heavy (non-hydrogen) atoms. The molecule has 0 aromatic rings. The normalized spacial score (nSPS) is 13.1. The van der Waals surface area contributed by atoms with Crippen molar-refractivity contribution in [1.29, 1.82) is 0 Å². The zero-order valence-corrected chi connectivity index (χ0v) is 29.3. The Bertz CT molecular complexity index is 624. The van der Waals surface area contributed by atoms with E-state index in [1.807, 2.05) is 7.05 Å². The molecule has 0 aliphatic carbocycles. The van der Waals surface area contributed by atoms with Crippen LogP contribution in [0, 0.1) is 0 Å². The van der Waals surface area contributed by atoms with E-state index in [4.69, 9.17) is 9.47 Å². The first-order chi connectivity index (χ1) is 21.3. The molecule has 3 nitrogen and oxygen atoms in total. The third-order valence-corrected chi connectivity index (χ3v) is 7.92. The largest absolute Gasteiger partial charge is 0.379 e. The molecule has 0 saturated carbocycles. The van der Waals surface area contributed by atoms with E-state index < -0.39 is 0 Å². The van der Waals surface area contributed by atoms with E-state index in [1.165, 1.54) is 135 Å². The average Bonchev–Trinajstić information content (AvgIpc) is 3.01. The van der Waals surface area contributed by atoms with Crippen LogP contribution in [0.5, 0.6) is 0 Å². The van der Waals surface area contributed by atoms with Crippen LogP contribution >= 0.6 is 0 Å². The molecular weight excluding hydrogens is 526 g/mol. The number of hydrogen-bond acceptors (Lipinski definition) is 3. The summed E-state index contributed by atoms with van der Waals surface area (Å²) < 4.78 is 12.1. The monoisotopic (exact) mass is 602 g/mol. The quantitative estimate of drug-likeness (QED) is 0.0579. The maximum absolute atomic E-state index is 6.12. The molecule has 0 saturated heterocycles. The molecule has 0 aliphatic rings. The molecule has 0 radical (unpaired) electrons. The summed E-state index contributed by atoms with van der Waals surface area (Å²) in [5.74, 6) is 0. The average molecular weight is 602 g/mol. The lowest BCUT2D eigenvalue weighted by Gasteiger charge is -2.18. The number of nitrogens with one attached hydrogen (secondary N) is 1. The fraction of sp³-hybridized carbons (Fsp3) is 0.800. The fourth-order valence-electron chi connectivity index (χ4n) is 5.14. The van der Waals surface area contributed by atoms with Crippen LogP contribution in [-0.4, -0.2) is 39.5 Å². The highest BCUT2D eigenvalue weighted by molar-refractivity contribution is 4.93. The summed E-state index contributed by atoms with van der Waals surface area (Å²) in [6, 6.07) is 0. The molecule has 252 valence electrons. The van der Waals surface area contributed by atoms with Crippen LogP contribution in [0.3, 0.4) is 0 Å². The maximum atomic E-state index is 6.12. The van der Waals surface area contributed by atoms with E-state index in [-0.39, 0.29) is 6.10 Å². The molecule has 0 aromatic heterocycles. The molecule has 0 aromatic carbocycles. The van der Waals surface area contributed by atoms with E-state index in [9.17, 15) is 0 Å². The van der Waals surface area contributed by atoms with Crippen molar-refractivity contribution in [2.45, 2.75) is 174 Å². The van der Waals surface area contributed by atoms with E-state index in [2.05, 4.69) is 67.8 Å². The number of allylic oxidation sites excluding steroid dienone is 8. The van der Waals surface area contributed by atoms with Gasteiger partial charge in [0.2, 0.25) is 0 Å². The zero-order chi connectivity index (χ0) is 31.2. The van der Waals surface area contributed by atoms with E-state index in [0.29, 0.717) is 6.61 Å². The Hall–Kier alpha value is -1.16. The molecular formula is C40H75NO2. The molecule has 1 unspecified atom stereocenters. The number of hydrogen-bond donors (Lipinski definition) is 1. The first-order valence-corrected chi connectivity index (χ1v) is 18.8. The van der Waals surface area contributed by atoms with Crippen LogP contribution in [0.25, 0.3) is 0 Å². The summed E-state index contributed by atoms with van der Waals surface area (Å²) in [7, 11) is 2.00. The Kier molecular flexibility index (Phi) is 37.8. The molecule has 3 heteroatoms. The Morgan fingerprint density at radius 3 is 1.30 bits per heavy atom. The summed E-state index contributed by atoms with van der Waals surface area (Å²) in [4.78, 5) is 0. The van der Waals surface area contributed by atoms with Gasteiger partial charge in [0.05, 0.1) is 12.7 Å². The molecule has 0 spiro atoms. The van der Waals surface area contributed by atoms with Gasteiger partial charge in [-0.2, -0.15) is 0 Å². The molecule has 1 atom stereocenters. The van der Waals surface area contributed by atoms with Crippen LogP contribution in [0.4, 0.5) is 0 Å². The maximum Gasteiger partial charge on any atom is 0.0932 e. The van der Waals surface area contributed by atoms with Gasteiger partial charge in [0, 0.05) is 19.8 Å². The SMILES string of the molecule is CCCCC/C=C\C/C=C\CCCCCCCCOCC(CNC)OCCCCCCCC/C=C\C/C=C\CCCCC. The van der Waals surface area contributed by atoms with Crippen LogP contribution in [0.2, 0.25) is 0 Å². The molecule has 0 rings (SSSR count). The highest BCUT2D eigenvalue weighted by Gasteiger charge is 2.08. The van der Waals surface area contributed by atoms with Gasteiger partial charge in [-0.05, 0) is 84.1 Å². The van der Waals surface area contributed by atoms with Crippen molar-refractivity contribution < 1.29 is 9.47 Å². The fourth-order valence-corrected chi connectivity index (χ4v) is 5.14. The van der Waals surface area contributed by atoms with Gasteiger partial charge in [-0.3, -0.25) is 0 Å². The van der Waals surface area contributed by atoms with Gasteiger partial charge in [-0.1, -0.05) is 140 Å². The number of unbranched alkanes of at least 4 members (excludes halogenated alkanes) is 18. The van der Waals surface area contributed by atoms with E-state index in [0.717, 1.165) is 39.0 Å². The lowest BCUT2D eigenvalue weighted by atomic mass is 10.1. The predicted octanol–water partition coefficient (Wildman–Crippen LogP) is 12.2. The molecule has 0 amide bonds. The molecule has 0 bridgehead atoms. The van der Waals surface area contributed by atoms with Gasteiger partial charge in [-0.25, -0.2) is 0 Å². The zero-order valence-electron chi connectivity index (χ0n) is 29.3. The summed E-state index contributed by atoms with van der Waals surface area (Å²) in [6.07, 6.45) is 49.7. The Balaban J connectivity index is 3.48. The second kappa shape index (κ2) is 38.9. The van der Waals surface area contributed by atoms with Crippen molar-refractivity contribution in [2.75, 3.05) is 33.4 Å². The van der Waals surface area contributed by atoms with Crippen molar-refractivity contribution in [2.24, 2.45) is 0 Å². The number of ether oxygens (including phenoxy) is 2. The minimum Gasteiger partial charge on any atom is -0.379 e. The van der Waals surface area contributed by atoms with Gasteiger partial charge in [0.25, 0.3) is 0 Å². The minimum atomic E-state index is 0.174. The second-order valence-electron chi connectivity index (χ2n) is 12.3.